The van der Waals surface area contributed by atoms with Crippen LogP contribution in [0.3, 0.4) is 0 Å². The van der Waals surface area contributed by atoms with Gasteiger partial charge in [0, 0.05) is 23.0 Å². The zero-order chi connectivity index (χ0) is 20.6. The topological polar surface area (TPSA) is 67.0 Å². The number of alkyl halides is 3. The number of halogens is 3. The lowest BCUT2D eigenvalue weighted by Gasteiger charge is -2.14. The second-order valence-corrected chi connectivity index (χ2v) is 7.29. The Morgan fingerprint density at radius 1 is 1.31 bits per heavy atom. The second kappa shape index (κ2) is 7.42. The fourth-order valence-electron chi connectivity index (χ4n) is 3.52. The minimum absolute atomic E-state index is 0.0335. The van der Waals surface area contributed by atoms with Crippen LogP contribution in [-0.4, -0.2) is 28.7 Å². The van der Waals surface area contributed by atoms with Gasteiger partial charge in [0.15, 0.2) is 6.61 Å². The molecule has 2 aromatic heterocycles. The number of carbonyl (C=O) groups excluding carboxylic acids is 1. The first-order valence-electron chi connectivity index (χ1n) is 9.34. The number of nitrogens with one attached hydrogen (secondary N) is 2. The molecule has 2 N–H and O–H groups in total. The Labute approximate surface area is 165 Å². The van der Waals surface area contributed by atoms with Crippen LogP contribution in [0, 0.1) is 5.92 Å². The van der Waals surface area contributed by atoms with Crippen LogP contribution in [0.1, 0.15) is 36.6 Å². The number of nitrogens with zero attached hydrogens (tertiary/aromatic N) is 1. The average Bonchev–Trinajstić information content (AvgIpc) is 3.38. The highest BCUT2D eigenvalue weighted by atomic mass is 19.4. The van der Waals surface area contributed by atoms with Gasteiger partial charge in [0.25, 0.3) is 0 Å². The number of ether oxygens (including phenoxy) is 1. The van der Waals surface area contributed by atoms with Crippen LogP contribution in [0.25, 0.3) is 10.9 Å². The monoisotopic (exact) mass is 403 g/mol. The van der Waals surface area contributed by atoms with Crippen molar-refractivity contribution in [1.82, 2.24) is 15.3 Å². The summed E-state index contributed by atoms with van der Waals surface area (Å²) in [6.07, 6.45) is -0.410. The number of H-pyrrole nitrogens is 1. The van der Waals surface area contributed by atoms with E-state index in [1.54, 1.807) is 13.0 Å². The van der Waals surface area contributed by atoms with Crippen molar-refractivity contribution in [2.24, 2.45) is 5.92 Å². The Hall–Kier alpha value is -3.03. The molecule has 3 aromatic rings. The summed E-state index contributed by atoms with van der Waals surface area (Å²) in [5.41, 5.74) is 2.76. The molecule has 3 atom stereocenters. The van der Waals surface area contributed by atoms with E-state index in [1.807, 2.05) is 30.5 Å². The van der Waals surface area contributed by atoms with E-state index in [9.17, 15) is 18.0 Å². The van der Waals surface area contributed by atoms with Crippen LogP contribution < -0.4 is 10.1 Å². The van der Waals surface area contributed by atoms with Crippen molar-refractivity contribution in [3.63, 3.8) is 0 Å². The van der Waals surface area contributed by atoms with Crippen LogP contribution in [0.4, 0.5) is 13.2 Å². The van der Waals surface area contributed by atoms with Crippen molar-refractivity contribution in [1.29, 1.82) is 0 Å². The van der Waals surface area contributed by atoms with Crippen molar-refractivity contribution in [3.05, 3.63) is 60.0 Å². The largest absolute Gasteiger partial charge is 0.483 e. The molecule has 1 aliphatic rings. The van der Waals surface area contributed by atoms with Crippen molar-refractivity contribution < 1.29 is 22.7 Å². The van der Waals surface area contributed by atoms with Gasteiger partial charge < -0.3 is 15.0 Å². The highest BCUT2D eigenvalue weighted by molar-refractivity contribution is 5.88. The van der Waals surface area contributed by atoms with Crippen LogP contribution in [0.2, 0.25) is 0 Å². The van der Waals surface area contributed by atoms with Crippen LogP contribution in [-0.2, 0) is 4.79 Å². The molecule has 2 unspecified atom stereocenters. The van der Waals surface area contributed by atoms with Gasteiger partial charge in [-0.1, -0.05) is 18.2 Å². The number of hydrogen-bond acceptors (Lipinski definition) is 3. The van der Waals surface area contributed by atoms with Crippen LogP contribution >= 0.6 is 0 Å². The molecule has 1 saturated carbocycles. The highest BCUT2D eigenvalue weighted by Crippen LogP contribution is 2.49. The summed E-state index contributed by atoms with van der Waals surface area (Å²) in [5.74, 6) is 0.0775. The highest BCUT2D eigenvalue weighted by Gasteiger charge is 2.45. The molecule has 1 amide bonds. The predicted octanol–water partition coefficient (Wildman–Crippen LogP) is 4.48. The van der Waals surface area contributed by atoms with E-state index in [1.165, 1.54) is 12.3 Å². The summed E-state index contributed by atoms with van der Waals surface area (Å²) in [5, 5.41) is 4.08. The molecular formula is C21H20F3N3O2. The maximum Gasteiger partial charge on any atom is 0.422 e. The Balaban J connectivity index is 1.34. The molecule has 5 nitrogen and oxygen atoms in total. The van der Waals surface area contributed by atoms with E-state index in [0.29, 0.717) is 5.69 Å². The van der Waals surface area contributed by atoms with Crippen LogP contribution in [0.5, 0.6) is 5.75 Å². The quantitative estimate of drug-likeness (QED) is 0.638. The summed E-state index contributed by atoms with van der Waals surface area (Å²) in [6.45, 7) is 0.427. The number of aromatic nitrogens is 2. The second-order valence-electron chi connectivity index (χ2n) is 7.29. The first kappa shape index (κ1) is 19.3. The maximum atomic E-state index is 12.6. The van der Waals surface area contributed by atoms with E-state index in [0.717, 1.165) is 22.9 Å². The Morgan fingerprint density at radius 2 is 2.10 bits per heavy atom. The van der Waals surface area contributed by atoms with E-state index < -0.39 is 12.8 Å². The lowest BCUT2D eigenvalue weighted by Crippen LogP contribution is -2.29. The number of pyridine rings is 1. The molecule has 8 heteroatoms. The molecule has 0 saturated heterocycles. The Morgan fingerprint density at radius 3 is 2.83 bits per heavy atom. The first-order chi connectivity index (χ1) is 13.8. The summed E-state index contributed by atoms with van der Waals surface area (Å²) in [6, 6.07) is 10.6. The summed E-state index contributed by atoms with van der Waals surface area (Å²) < 4.78 is 41.2. The normalized spacial score (nSPS) is 19.7. The zero-order valence-corrected chi connectivity index (χ0v) is 15.7. The molecule has 0 aliphatic heterocycles. The van der Waals surface area contributed by atoms with Gasteiger partial charge in [0.2, 0.25) is 5.91 Å². The van der Waals surface area contributed by atoms with E-state index >= 15 is 0 Å². The molecule has 1 fully saturated rings. The van der Waals surface area contributed by atoms with Crippen molar-refractivity contribution in [3.8, 4) is 5.75 Å². The third-order valence-corrected chi connectivity index (χ3v) is 5.11. The molecule has 152 valence electrons. The summed E-state index contributed by atoms with van der Waals surface area (Å²) in [4.78, 5) is 20.0. The van der Waals surface area contributed by atoms with E-state index in [4.69, 9.17) is 0 Å². The van der Waals surface area contributed by atoms with Gasteiger partial charge >= 0.3 is 6.18 Å². The standard InChI is InChI=1S/C21H20F3N3O2/c1-12(18-7-6-13(9-25-18)29-11-21(22,23)24)27-20(28)16-8-15(16)17-10-26-19-5-3-2-4-14(17)19/h2-7,9-10,12,15-16,26H,8,11H2,1H3,(H,27,28)/t12-,15?,16?/m1/s1. The smallest absolute Gasteiger partial charge is 0.422 e. The number of benzene rings is 1. The Bertz CT molecular complexity index is 1010. The number of amides is 1. The first-order valence-corrected chi connectivity index (χ1v) is 9.34. The van der Waals surface area contributed by atoms with Gasteiger partial charge in [0.05, 0.1) is 17.9 Å². The third kappa shape index (κ3) is 4.36. The molecule has 4 rings (SSSR count). The van der Waals surface area contributed by atoms with Gasteiger partial charge in [-0.05, 0) is 43.0 Å². The number of fused-ring (bicyclic) bond motifs is 1. The van der Waals surface area contributed by atoms with Gasteiger partial charge in [-0.15, -0.1) is 0 Å². The van der Waals surface area contributed by atoms with Crippen molar-refractivity contribution in [2.45, 2.75) is 31.5 Å². The SMILES string of the molecule is C[C@@H](NC(=O)C1CC1c1c[nH]c2ccccc12)c1ccc(OCC(F)(F)F)cn1. The summed E-state index contributed by atoms with van der Waals surface area (Å²) in [7, 11) is 0. The van der Waals surface area contributed by atoms with Gasteiger partial charge in [-0.3, -0.25) is 9.78 Å². The van der Waals surface area contributed by atoms with Crippen molar-refractivity contribution >= 4 is 16.8 Å². The lowest BCUT2D eigenvalue weighted by atomic mass is 10.1. The zero-order valence-electron chi connectivity index (χ0n) is 15.7. The summed E-state index contributed by atoms with van der Waals surface area (Å²) >= 11 is 0. The van der Waals surface area contributed by atoms with Crippen LogP contribution in [0.15, 0.2) is 48.8 Å². The number of hydrogen-bond donors (Lipinski definition) is 2. The van der Waals surface area contributed by atoms with Gasteiger partial charge in [-0.2, -0.15) is 13.2 Å². The molecule has 1 aromatic carbocycles. The molecule has 2 heterocycles. The fraction of sp³-hybridized carbons (Fsp3) is 0.333. The van der Waals surface area contributed by atoms with Crippen molar-refractivity contribution in [2.75, 3.05) is 6.61 Å². The fourth-order valence-corrected chi connectivity index (χ4v) is 3.52. The number of aromatic amines is 1. The van der Waals surface area contributed by atoms with E-state index in [2.05, 4.69) is 20.0 Å². The number of carbonyl (C=O) groups is 1. The molecule has 0 radical (unpaired) electrons. The molecule has 0 bridgehead atoms. The molecule has 1 aliphatic carbocycles. The van der Waals surface area contributed by atoms with E-state index in [-0.39, 0.29) is 29.5 Å². The molecule has 29 heavy (non-hydrogen) atoms. The van der Waals surface area contributed by atoms with Gasteiger partial charge in [-0.25, -0.2) is 0 Å². The van der Waals surface area contributed by atoms with Gasteiger partial charge in [0.1, 0.15) is 5.75 Å². The lowest BCUT2D eigenvalue weighted by molar-refractivity contribution is -0.153. The average molecular weight is 403 g/mol. The minimum atomic E-state index is -4.40. The number of para-hydroxylation sites is 1. The predicted molar refractivity (Wildman–Crippen MR) is 101 cm³/mol. The number of rotatable bonds is 6. The minimum Gasteiger partial charge on any atom is -0.483 e. The Kier molecular flexibility index (Phi) is 4.94. The molecule has 0 spiro atoms. The molecular weight excluding hydrogens is 383 g/mol. The maximum absolute atomic E-state index is 12.6. The third-order valence-electron chi connectivity index (χ3n) is 5.11.